The number of nitrogens with one attached hydrogen (secondary N) is 2. The van der Waals surface area contributed by atoms with Crippen LogP contribution in [0.1, 0.15) is 5.69 Å². The van der Waals surface area contributed by atoms with Crippen LogP contribution in [0.4, 0.5) is 16.8 Å². The Morgan fingerprint density at radius 3 is 2.88 bits per heavy atom. The molecule has 0 aliphatic carbocycles. The van der Waals surface area contributed by atoms with Gasteiger partial charge in [-0.25, -0.2) is 4.98 Å². The van der Waals surface area contributed by atoms with Crippen molar-refractivity contribution in [2.45, 2.75) is 5.75 Å². The lowest BCUT2D eigenvalue weighted by Gasteiger charge is -2.03. The van der Waals surface area contributed by atoms with Crippen LogP contribution in [0, 0.1) is 0 Å². The van der Waals surface area contributed by atoms with E-state index in [2.05, 4.69) is 35.9 Å². The lowest BCUT2D eigenvalue weighted by Crippen LogP contribution is -2.21. The summed E-state index contributed by atoms with van der Waals surface area (Å²) in [5.74, 6) is 2.60. The average Bonchev–Trinajstić information content (AvgIpc) is 3.10. The van der Waals surface area contributed by atoms with E-state index in [0.717, 1.165) is 17.2 Å². The van der Waals surface area contributed by atoms with Crippen molar-refractivity contribution in [1.29, 1.82) is 0 Å². The maximum atomic E-state index is 11.4. The SMILES string of the molecule is C=CCNc1n[s+]([O-])nc1NCCSCc1csc(N=C(N)N)n1. The summed E-state index contributed by atoms with van der Waals surface area (Å²) in [6.07, 6.45) is 1.70. The maximum absolute atomic E-state index is 11.4. The third-order valence-electron chi connectivity index (χ3n) is 2.53. The van der Waals surface area contributed by atoms with Crippen molar-refractivity contribution >= 4 is 57.0 Å². The summed E-state index contributed by atoms with van der Waals surface area (Å²) in [4.78, 5) is 8.21. The standard InChI is InChI=1S/C12H18N8OS3/c1-2-3-15-9-10(20-24(21)19-9)16-4-5-22-6-8-7-23-12(17-8)18-11(13)14/h2,7H,1,3-6H2,(H,15,19)(H,16,20)(H4,13,14,17,18). The molecule has 0 aromatic carbocycles. The molecular weight excluding hydrogens is 368 g/mol. The van der Waals surface area contributed by atoms with Gasteiger partial charge in [0.25, 0.3) is 0 Å². The number of hydrogen-bond acceptors (Lipinski definition) is 9. The summed E-state index contributed by atoms with van der Waals surface area (Å²) >= 11 is 1.55. The van der Waals surface area contributed by atoms with Crippen molar-refractivity contribution in [1.82, 2.24) is 13.7 Å². The van der Waals surface area contributed by atoms with Crippen LogP contribution in [0.3, 0.4) is 0 Å². The molecule has 2 rings (SSSR count). The van der Waals surface area contributed by atoms with E-state index in [1.807, 2.05) is 5.38 Å². The number of thiazole rings is 1. The highest BCUT2D eigenvalue weighted by Gasteiger charge is 2.14. The van der Waals surface area contributed by atoms with Gasteiger partial charge in [0, 0.05) is 38.7 Å². The van der Waals surface area contributed by atoms with Gasteiger partial charge in [0.15, 0.2) is 17.1 Å². The number of thioether (sulfide) groups is 1. The van der Waals surface area contributed by atoms with E-state index < -0.39 is 11.1 Å². The molecule has 0 saturated carbocycles. The molecule has 0 spiro atoms. The van der Waals surface area contributed by atoms with Crippen molar-refractivity contribution in [3.05, 3.63) is 23.7 Å². The van der Waals surface area contributed by atoms with E-state index in [-0.39, 0.29) is 5.96 Å². The Balaban J connectivity index is 1.72. The number of hydrogen-bond donors (Lipinski definition) is 4. The van der Waals surface area contributed by atoms with Gasteiger partial charge in [-0.2, -0.15) is 16.8 Å². The van der Waals surface area contributed by atoms with Gasteiger partial charge in [-0.05, 0) is 0 Å². The molecule has 2 aromatic heterocycles. The van der Waals surface area contributed by atoms with Crippen molar-refractivity contribution in [2.24, 2.45) is 16.5 Å². The maximum Gasteiger partial charge on any atom is 0.233 e. The number of guanidine groups is 1. The molecule has 0 aliphatic heterocycles. The van der Waals surface area contributed by atoms with E-state index in [1.54, 1.807) is 17.8 Å². The van der Waals surface area contributed by atoms with E-state index in [0.29, 0.717) is 29.9 Å². The number of aliphatic imine (C=N–C) groups is 1. The third-order valence-corrected chi connectivity index (χ3v) is 4.98. The Bertz CT molecular complexity index is 694. The summed E-state index contributed by atoms with van der Waals surface area (Å²) in [7, 11) is 0. The first-order valence-corrected chi connectivity index (χ1v) is 9.98. The zero-order valence-corrected chi connectivity index (χ0v) is 15.2. The first-order chi connectivity index (χ1) is 11.6. The molecule has 2 aromatic rings. The summed E-state index contributed by atoms with van der Waals surface area (Å²) in [6, 6.07) is 0. The fraction of sp³-hybridized carbons (Fsp3) is 0.333. The third kappa shape index (κ3) is 5.96. The Hall–Kier alpha value is -1.89. The zero-order chi connectivity index (χ0) is 17.4. The van der Waals surface area contributed by atoms with E-state index >= 15 is 0 Å². The average molecular weight is 387 g/mol. The summed E-state index contributed by atoms with van der Waals surface area (Å²) in [5, 5.41) is 8.60. The first-order valence-electron chi connectivity index (χ1n) is 6.88. The molecule has 6 N–H and O–H groups in total. The van der Waals surface area contributed by atoms with Gasteiger partial charge in [-0.1, -0.05) is 6.08 Å². The van der Waals surface area contributed by atoms with Gasteiger partial charge in [0.1, 0.15) is 0 Å². The normalized spacial score (nSPS) is 11.1. The fourth-order valence-electron chi connectivity index (χ4n) is 1.61. The van der Waals surface area contributed by atoms with Crippen LogP contribution in [0.5, 0.6) is 0 Å². The molecule has 0 saturated heterocycles. The number of aromatic nitrogens is 3. The molecule has 24 heavy (non-hydrogen) atoms. The van der Waals surface area contributed by atoms with Crippen LogP contribution < -0.4 is 22.1 Å². The largest absolute Gasteiger partial charge is 0.546 e. The lowest BCUT2D eigenvalue weighted by molar-refractivity contribution is 0.585. The van der Waals surface area contributed by atoms with Gasteiger partial charge in [0.05, 0.1) is 5.69 Å². The molecule has 2 heterocycles. The van der Waals surface area contributed by atoms with Gasteiger partial charge >= 0.3 is 0 Å². The fourth-order valence-corrected chi connectivity index (χ4v) is 3.82. The first kappa shape index (κ1) is 18.4. The minimum atomic E-state index is -1.56. The van der Waals surface area contributed by atoms with Crippen LogP contribution in [0.15, 0.2) is 23.0 Å². The lowest BCUT2D eigenvalue weighted by atomic mass is 10.5. The van der Waals surface area contributed by atoms with Crippen LogP contribution in [0.25, 0.3) is 0 Å². The van der Waals surface area contributed by atoms with Gasteiger partial charge in [0.2, 0.25) is 16.8 Å². The molecule has 9 nitrogen and oxygen atoms in total. The number of rotatable bonds is 10. The minimum absolute atomic E-state index is 0.00464. The van der Waals surface area contributed by atoms with E-state index in [1.165, 1.54) is 11.3 Å². The highest BCUT2D eigenvalue weighted by molar-refractivity contribution is 7.98. The predicted octanol–water partition coefficient (Wildman–Crippen LogP) is 1.51. The van der Waals surface area contributed by atoms with Crippen LogP contribution in [-0.4, -0.2) is 43.1 Å². The second kappa shape index (κ2) is 9.42. The summed E-state index contributed by atoms with van der Waals surface area (Å²) in [5.41, 5.74) is 11.6. The molecule has 0 bridgehead atoms. The highest BCUT2D eigenvalue weighted by Crippen LogP contribution is 2.23. The van der Waals surface area contributed by atoms with Crippen molar-refractivity contribution in [3.63, 3.8) is 0 Å². The molecule has 1 atom stereocenters. The monoisotopic (exact) mass is 386 g/mol. The van der Waals surface area contributed by atoms with Crippen LogP contribution >= 0.6 is 34.2 Å². The quantitative estimate of drug-likeness (QED) is 0.157. The molecule has 0 fully saturated rings. The van der Waals surface area contributed by atoms with Gasteiger partial charge < -0.3 is 26.7 Å². The number of nitrogens with zero attached hydrogens (tertiary/aromatic N) is 4. The Morgan fingerprint density at radius 1 is 1.42 bits per heavy atom. The minimum Gasteiger partial charge on any atom is -0.546 e. The van der Waals surface area contributed by atoms with Gasteiger partial charge in [-0.3, -0.25) is 0 Å². The van der Waals surface area contributed by atoms with E-state index in [4.69, 9.17) is 11.5 Å². The number of nitrogens with two attached hydrogens (primary N) is 2. The van der Waals surface area contributed by atoms with Crippen LogP contribution in [0.2, 0.25) is 0 Å². The molecule has 130 valence electrons. The Kier molecular flexibility index (Phi) is 7.24. The second-order valence-corrected chi connectivity index (χ2v) is 7.19. The topological polar surface area (TPSA) is 150 Å². The molecule has 12 heteroatoms. The second-order valence-electron chi connectivity index (χ2n) is 4.42. The Morgan fingerprint density at radius 2 is 2.17 bits per heavy atom. The van der Waals surface area contributed by atoms with Crippen molar-refractivity contribution in [2.75, 3.05) is 29.5 Å². The molecule has 1 unspecified atom stereocenters. The molecule has 0 amide bonds. The predicted molar refractivity (Wildman–Crippen MR) is 102 cm³/mol. The van der Waals surface area contributed by atoms with Gasteiger partial charge in [-0.15, -0.1) is 17.9 Å². The summed E-state index contributed by atoms with van der Waals surface area (Å²) < 4.78 is 19.2. The van der Waals surface area contributed by atoms with Crippen molar-refractivity contribution < 1.29 is 4.55 Å². The van der Waals surface area contributed by atoms with Crippen molar-refractivity contribution in [3.8, 4) is 0 Å². The zero-order valence-electron chi connectivity index (χ0n) is 12.8. The Labute approximate surface area is 150 Å². The smallest absolute Gasteiger partial charge is 0.233 e. The molecule has 0 aliphatic rings. The number of anilines is 2. The highest BCUT2D eigenvalue weighted by atomic mass is 32.2. The molecule has 0 radical (unpaired) electrons. The molecular formula is C12H18N8OS3. The van der Waals surface area contributed by atoms with Crippen LogP contribution in [-0.2, 0) is 5.75 Å². The summed E-state index contributed by atoms with van der Waals surface area (Å²) in [6.45, 7) is 4.82. The van der Waals surface area contributed by atoms with E-state index in [9.17, 15) is 4.55 Å².